The molecule has 0 N–H and O–H groups in total. The van der Waals surface area contributed by atoms with Crippen molar-refractivity contribution in [2.24, 2.45) is 11.8 Å². The monoisotopic (exact) mass is 300 g/mol. The number of nitrogens with zero attached hydrogens (tertiary/aromatic N) is 2. The van der Waals surface area contributed by atoms with Gasteiger partial charge in [-0.15, -0.1) is 0 Å². The fourth-order valence-electron chi connectivity index (χ4n) is 3.79. The fraction of sp³-hybridized carbons (Fsp3) is 0.529. The lowest BCUT2D eigenvalue weighted by atomic mass is 10.00. The molecule has 0 unspecified atom stereocenters. The van der Waals surface area contributed by atoms with Gasteiger partial charge in [0.05, 0.1) is 19.1 Å². The van der Waals surface area contributed by atoms with Gasteiger partial charge in [0.2, 0.25) is 5.91 Å². The highest BCUT2D eigenvalue weighted by atomic mass is 16.5. The van der Waals surface area contributed by atoms with Gasteiger partial charge in [0.15, 0.2) is 0 Å². The SMILES string of the molecule is O=C1OC[C@H]2CN(C(=O)CN3CCc4ccccc4C3)C[C@@H]12. The van der Waals surface area contributed by atoms with Gasteiger partial charge in [-0.2, -0.15) is 0 Å². The molecule has 5 nitrogen and oxygen atoms in total. The van der Waals surface area contributed by atoms with Gasteiger partial charge in [0, 0.05) is 32.1 Å². The van der Waals surface area contributed by atoms with Crippen LogP contribution in [0.4, 0.5) is 0 Å². The van der Waals surface area contributed by atoms with E-state index in [1.807, 2.05) is 4.90 Å². The predicted molar refractivity (Wildman–Crippen MR) is 79.9 cm³/mol. The fourth-order valence-corrected chi connectivity index (χ4v) is 3.79. The number of hydrogen-bond donors (Lipinski definition) is 0. The third-order valence-corrected chi connectivity index (χ3v) is 5.10. The number of esters is 1. The molecule has 2 fully saturated rings. The first-order chi connectivity index (χ1) is 10.7. The zero-order valence-electron chi connectivity index (χ0n) is 12.5. The Morgan fingerprint density at radius 1 is 1.23 bits per heavy atom. The first-order valence-electron chi connectivity index (χ1n) is 7.94. The largest absolute Gasteiger partial charge is 0.465 e. The van der Waals surface area contributed by atoms with Crippen LogP contribution in [0.15, 0.2) is 24.3 Å². The third kappa shape index (κ3) is 2.39. The van der Waals surface area contributed by atoms with E-state index >= 15 is 0 Å². The Morgan fingerprint density at radius 2 is 2.05 bits per heavy atom. The zero-order valence-corrected chi connectivity index (χ0v) is 12.5. The highest BCUT2D eigenvalue weighted by molar-refractivity contribution is 5.81. The number of fused-ring (bicyclic) bond motifs is 2. The summed E-state index contributed by atoms with van der Waals surface area (Å²) in [6, 6.07) is 8.43. The van der Waals surface area contributed by atoms with E-state index < -0.39 is 0 Å². The van der Waals surface area contributed by atoms with Gasteiger partial charge in [0.25, 0.3) is 0 Å². The van der Waals surface area contributed by atoms with Gasteiger partial charge in [0.1, 0.15) is 0 Å². The van der Waals surface area contributed by atoms with Gasteiger partial charge in [-0.1, -0.05) is 24.3 Å². The number of ether oxygens (including phenoxy) is 1. The number of likely N-dealkylation sites (tertiary alicyclic amines) is 1. The van der Waals surface area contributed by atoms with Crippen molar-refractivity contribution in [3.63, 3.8) is 0 Å². The molecule has 2 atom stereocenters. The molecule has 0 saturated carbocycles. The van der Waals surface area contributed by atoms with E-state index in [9.17, 15) is 9.59 Å². The number of hydrogen-bond acceptors (Lipinski definition) is 4. The molecule has 0 aromatic heterocycles. The second-order valence-corrected chi connectivity index (χ2v) is 6.52. The van der Waals surface area contributed by atoms with Crippen LogP contribution in [0.1, 0.15) is 11.1 Å². The molecule has 2 saturated heterocycles. The smallest absolute Gasteiger partial charge is 0.311 e. The summed E-state index contributed by atoms with van der Waals surface area (Å²) < 4.78 is 5.05. The van der Waals surface area contributed by atoms with E-state index in [4.69, 9.17) is 4.74 Å². The van der Waals surface area contributed by atoms with Crippen LogP contribution in [0, 0.1) is 11.8 Å². The van der Waals surface area contributed by atoms with Crippen LogP contribution >= 0.6 is 0 Å². The van der Waals surface area contributed by atoms with Crippen molar-refractivity contribution in [1.29, 1.82) is 0 Å². The van der Waals surface area contributed by atoms with Crippen molar-refractivity contribution >= 4 is 11.9 Å². The first-order valence-corrected chi connectivity index (χ1v) is 7.94. The van der Waals surface area contributed by atoms with Gasteiger partial charge >= 0.3 is 5.97 Å². The molecule has 1 aromatic rings. The minimum absolute atomic E-state index is 0.0916. The van der Waals surface area contributed by atoms with Crippen LogP contribution in [0.5, 0.6) is 0 Å². The average Bonchev–Trinajstić information content (AvgIpc) is 3.10. The molecule has 0 radical (unpaired) electrons. The van der Waals surface area contributed by atoms with E-state index in [-0.39, 0.29) is 23.7 Å². The Bertz CT molecular complexity index is 616. The predicted octanol–water partition coefficient (Wildman–Crippen LogP) is 0.676. The number of carbonyl (C=O) groups excluding carboxylic acids is 2. The Morgan fingerprint density at radius 3 is 2.86 bits per heavy atom. The molecule has 116 valence electrons. The lowest BCUT2D eigenvalue weighted by molar-refractivity contribution is -0.142. The maximum absolute atomic E-state index is 12.5. The summed E-state index contributed by atoms with van der Waals surface area (Å²) in [6.45, 7) is 3.88. The maximum atomic E-state index is 12.5. The minimum Gasteiger partial charge on any atom is -0.465 e. The van der Waals surface area contributed by atoms with Crippen LogP contribution < -0.4 is 0 Å². The van der Waals surface area contributed by atoms with Crippen LogP contribution in [0.3, 0.4) is 0 Å². The minimum atomic E-state index is -0.132. The summed E-state index contributed by atoms with van der Waals surface area (Å²) in [5.41, 5.74) is 2.72. The topological polar surface area (TPSA) is 49.9 Å². The van der Waals surface area contributed by atoms with Gasteiger partial charge in [-0.05, 0) is 17.5 Å². The molecule has 0 spiro atoms. The molecule has 4 rings (SSSR count). The molecular weight excluding hydrogens is 280 g/mol. The molecule has 0 aliphatic carbocycles. The molecule has 3 aliphatic rings. The summed E-state index contributed by atoms with van der Waals surface area (Å²) >= 11 is 0. The summed E-state index contributed by atoms with van der Waals surface area (Å²) in [4.78, 5) is 28.1. The van der Waals surface area contributed by atoms with Crippen molar-refractivity contribution in [3.05, 3.63) is 35.4 Å². The van der Waals surface area contributed by atoms with Crippen LogP contribution in [0.25, 0.3) is 0 Å². The van der Waals surface area contributed by atoms with Crippen molar-refractivity contribution in [3.8, 4) is 0 Å². The van der Waals surface area contributed by atoms with Crippen LogP contribution in [-0.4, -0.2) is 54.5 Å². The zero-order chi connectivity index (χ0) is 15.1. The van der Waals surface area contributed by atoms with Crippen molar-refractivity contribution in [1.82, 2.24) is 9.80 Å². The summed E-state index contributed by atoms with van der Waals surface area (Å²) in [6.07, 6.45) is 1.00. The molecule has 5 heteroatoms. The van der Waals surface area contributed by atoms with Crippen LogP contribution in [0.2, 0.25) is 0 Å². The second kappa shape index (κ2) is 5.39. The summed E-state index contributed by atoms with van der Waals surface area (Å²) in [7, 11) is 0. The lowest BCUT2D eigenvalue weighted by Crippen LogP contribution is -2.42. The molecule has 0 bridgehead atoms. The highest BCUT2D eigenvalue weighted by Crippen LogP contribution is 2.30. The number of benzene rings is 1. The molecule has 1 amide bonds. The van der Waals surface area contributed by atoms with Crippen molar-refractivity contribution in [2.75, 3.05) is 32.8 Å². The number of carbonyl (C=O) groups is 2. The molecule has 3 heterocycles. The number of rotatable bonds is 2. The van der Waals surface area contributed by atoms with Crippen molar-refractivity contribution in [2.45, 2.75) is 13.0 Å². The third-order valence-electron chi connectivity index (χ3n) is 5.10. The first kappa shape index (κ1) is 13.8. The summed E-state index contributed by atoms with van der Waals surface area (Å²) in [5.74, 6) is 0.123. The lowest BCUT2D eigenvalue weighted by Gasteiger charge is -2.29. The Kier molecular flexibility index (Phi) is 3.37. The number of amides is 1. The molecular formula is C17H20N2O3. The quantitative estimate of drug-likeness (QED) is 0.754. The van der Waals surface area contributed by atoms with E-state index in [0.29, 0.717) is 26.2 Å². The van der Waals surface area contributed by atoms with Gasteiger partial charge in [-0.25, -0.2) is 0 Å². The summed E-state index contributed by atoms with van der Waals surface area (Å²) in [5, 5.41) is 0. The van der Waals surface area contributed by atoms with E-state index in [1.165, 1.54) is 11.1 Å². The Labute approximate surface area is 129 Å². The maximum Gasteiger partial charge on any atom is 0.311 e. The molecule has 1 aromatic carbocycles. The molecule has 3 aliphatic heterocycles. The Hall–Kier alpha value is -1.88. The van der Waals surface area contributed by atoms with Gasteiger partial charge < -0.3 is 9.64 Å². The van der Waals surface area contributed by atoms with Crippen LogP contribution in [-0.2, 0) is 27.3 Å². The number of cyclic esters (lactones) is 1. The average molecular weight is 300 g/mol. The highest BCUT2D eigenvalue weighted by Gasteiger charge is 2.45. The Balaban J connectivity index is 1.37. The van der Waals surface area contributed by atoms with E-state index in [1.54, 1.807) is 0 Å². The van der Waals surface area contributed by atoms with Gasteiger partial charge in [-0.3, -0.25) is 14.5 Å². The standard InChI is InChI=1S/C17H20N2O3/c20-16(19-8-14-11-22-17(21)15(14)9-19)10-18-6-5-12-3-1-2-4-13(12)7-18/h1-4,14-15H,5-11H2/t14-,15-/m1/s1. The van der Waals surface area contributed by atoms with E-state index in [0.717, 1.165) is 19.5 Å². The van der Waals surface area contributed by atoms with Crippen molar-refractivity contribution < 1.29 is 14.3 Å². The molecule has 22 heavy (non-hydrogen) atoms. The second-order valence-electron chi connectivity index (χ2n) is 6.52. The normalized spacial score (nSPS) is 27.5. The van der Waals surface area contributed by atoms with E-state index in [2.05, 4.69) is 29.2 Å².